The van der Waals surface area contributed by atoms with Gasteiger partial charge in [0.05, 0.1) is 24.0 Å². The fourth-order valence-electron chi connectivity index (χ4n) is 4.39. The van der Waals surface area contributed by atoms with Crippen LogP contribution in [0.3, 0.4) is 0 Å². The van der Waals surface area contributed by atoms with Crippen molar-refractivity contribution in [3.8, 4) is 0 Å². The lowest BCUT2D eigenvalue weighted by Gasteiger charge is -2.36. The van der Waals surface area contributed by atoms with Crippen LogP contribution in [0.25, 0.3) is 0 Å². The summed E-state index contributed by atoms with van der Waals surface area (Å²) in [6.45, 7) is 4.71. The molecule has 0 spiro atoms. The Kier molecular flexibility index (Phi) is 7.18. The summed E-state index contributed by atoms with van der Waals surface area (Å²) in [6.07, 6.45) is 1.50. The highest BCUT2D eigenvalue weighted by molar-refractivity contribution is 7.92. The van der Waals surface area contributed by atoms with Crippen LogP contribution < -0.4 is 4.72 Å². The normalized spacial score (nSPS) is 19.1. The molecule has 0 aliphatic carbocycles. The van der Waals surface area contributed by atoms with Gasteiger partial charge in [0.25, 0.3) is 15.9 Å². The third kappa shape index (κ3) is 5.39. The zero-order valence-electron chi connectivity index (χ0n) is 19.0. The molecule has 1 atom stereocenters. The van der Waals surface area contributed by atoms with Crippen molar-refractivity contribution < 1.29 is 27.1 Å². The first-order chi connectivity index (χ1) is 16.2. The summed E-state index contributed by atoms with van der Waals surface area (Å²) in [6, 6.07) is 9.63. The summed E-state index contributed by atoms with van der Waals surface area (Å²) >= 11 is 0. The number of rotatable bonds is 5. The Balaban J connectivity index is 1.41. The third-order valence-corrected chi connectivity index (χ3v) is 7.73. The maximum absolute atomic E-state index is 13.3. The van der Waals surface area contributed by atoms with Crippen LogP contribution in [0.4, 0.5) is 10.1 Å². The maximum atomic E-state index is 13.3. The topological polar surface area (TPSA) is 96.0 Å². The fourth-order valence-corrected chi connectivity index (χ4v) is 5.68. The van der Waals surface area contributed by atoms with Crippen molar-refractivity contribution in [2.24, 2.45) is 5.92 Å². The molecule has 2 aliphatic rings. The molecule has 2 heterocycles. The number of carbonyl (C=O) groups excluding carboxylic acids is 2. The molecule has 2 fully saturated rings. The SMILES string of the molecule is Cc1cc(F)ccc1S(=O)(=O)Nc1ccc(C(=O)N2CCCC(C(=O)N3CCOCC3)C2)cc1. The number of nitrogens with one attached hydrogen (secondary N) is 1. The molecule has 0 radical (unpaired) electrons. The molecule has 4 rings (SSSR count). The second-order valence-electron chi connectivity index (χ2n) is 8.62. The van der Waals surface area contributed by atoms with Crippen LogP contribution >= 0.6 is 0 Å². The lowest BCUT2D eigenvalue weighted by molar-refractivity contribution is -0.141. The summed E-state index contributed by atoms with van der Waals surface area (Å²) in [5, 5.41) is 0. The highest BCUT2D eigenvalue weighted by Gasteiger charge is 2.32. The van der Waals surface area contributed by atoms with Gasteiger partial charge in [-0.3, -0.25) is 14.3 Å². The van der Waals surface area contributed by atoms with Crippen LogP contribution in [0.2, 0.25) is 0 Å². The van der Waals surface area contributed by atoms with Crippen molar-refractivity contribution in [1.29, 1.82) is 0 Å². The van der Waals surface area contributed by atoms with E-state index in [4.69, 9.17) is 4.74 Å². The van der Waals surface area contributed by atoms with Crippen molar-refractivity contribution in [3.63, 3.8) is 0 Å². The first kappa shape index (κ1) is 24.2. The lowest BCUT2D eigenvalue weighted by atomic mass is 9.95. The van der Waals surface area contributed by atoms with Gasteiger partial charge in [0.2, 0.25) is 5.91 Å². The smallest absolute Gasteiger partial charge is 0.262 e. The van der Waals surface area contributed by atoms with Crippen molar-refractivity contribution >= 4 is 27.5 Å². The average Bonchev–Trinajstić information content (AvgIpc) is 2.84. The van der Waals surface area contributed by atoms with Gasteiger partial charge in [0, 0.05) is 37.4 Å². The molecule has 2 aromatic rings. The molecular formula is C24H28FN3O5S. The van der Waals surface area contributed by atoms with E-state index >= 15 is 0 Å². The summed E-state index contributed by atoms with van der Waals surface area (Å²) < 4.78 is 46.5. The Morgan fingerprint density at radius 2 is 1.74 bits per heavy atom. The van der Waals surface area contributed by atoms with E-state index in [2.05, 4.69) is 4.72 Å². The number of carbonyl (C=O) groups is 2. The van der Waals surface area contributed by atoms with Gasteiger partial charge in [-0.15, -0.1) is 0 Å². The van der Waals surface area contributed by atoms with Crippen molar-refractivity contribution in [2.45, 2.75) is 24.7 Å². The number of hydrogen-bond donors (Lipinski definition) is 1. The predicted octanol–water partition coefficient (Wildman–Crippen LogP) is 2.65. The predicted molar refractivity (Wildman–Crippen MR) is 124 cm³/mol. The molecule has 0 bridgehead atoms. The van der Waals surface area contributed by atoms with Crippen LogP contribution in [0.5, 0.6) is 0 Å². The average molecular weight is 490 g/mol. The zero-order chi connectivity index (χ0) is 24.3. The fraction of sp³-hybridized carbons (Fsp3) is 0.417. The largest absolute Gasteiger partial charge is 0.378 e. The number of morpholine rings is 1. The van der Waals surface area contributed by atoms with E-state index in [1.807, 2.05) is 4.90 Å². The zero-order valence-corrected chi connectivity index (χ0v) is 19.8. The van der Waals surface area contributed by atoms with Crippen LogP contribution in [-0.4, -0.2) is 69.4 Å². The summed E-state index contributed by atoms with van der Waals surface area (Å²) in [4.78, 5) is 29.4. The Bertz CT molecular complexity index is 1160. The van der Waals surface area contributed by atoms with Crippen LogP contribution in [-0.2, 0) is 19.6 Å². The van der Waals surface area contributed by atoms with Crippen LogP contribution in [0.1, 0.15) is 28.8 Å². The number of halogens is 1. The van der Waals surface area contributed by atoms with E-state index in [1.165, 1.54) is 25.1 Å². The van der Waals surface area contributed by atoms with E-state index in [1.54, 1.807) is 17.0 Å². The molecule has 182 valence electrons. The van der Waals surface area contributed by atoms with Crippen molar-refractivity contribution in [2.75, 3.05) is 44.1 Å². The van der Waals surface area contributed by atoms with Crippen molar-refractivity contribution in [3.05, 3.63) is 59.4 Å². The number of piperidine rings is 1. The van der Waals surface area contributed by atoms with Gasteiger partial charge in [-0.2, -0.15) is 0 Å². The Morgan fingerprint density at radius 3 is 2.41 bits per heavy atom. The second-order valence-corrected chi connectivity index (χ2v) is 10.3. The minimum Gasteiger partial charge on any atom is -0.378 e. The molecule has 34 heavy (non-hydrogen) atoms. The van der Waals surface area contributed by atoms with Crippen LogP contribution in [0.15, 0.2) is 47.4 Å². The number of ether oxygens (including phenoxy) is 1. The van der Waals surface area contributed by atoms with Gasteiger partial charge >= 0.3 is 0 Å². The number of likely N-dealkylation sites (tertiary alicyclic amines) is 1. The third-order valence-electron chi connectivity index (χ3n) is 6.19. The van der Waals surface area contributed by atoms with Gasteiger partial charge in [0.1, 0.15) is 5.82 Å². The molecule has 10 heteroatoms. The number of amides is 2. The molecule has 0 aromatic heterocycles. The number of aryl methyl sites for hydroxylation is 1. The first-order valence-corrected chi connectivity index (χ1v) is 12.8. The van der Waals surface area contributed by atoms with Gasteiger partial charge < -0.3 is 14.5 Å². The van der Waals surface area contributed by atoms with E-state index in [0.29, 0.717) is 56.2 Å². The quantitative estimate of drug-likeness (QED) is 0.697. The number of hydrogen-bond acceptors (Lipinski definition) is 5. The minimum absolute atomic E-state index is 0.0154. The van der Waals surface area contributed by atoms with Gasteiger partial charge in [-0.1, -0.05) is 0 Å². The monoisotopic (exact) mass is 489 g/mol. The second kappa shape index (κ2) is 10.1. The Hall–Kier alpha value is -2.98. The molecule has 2 aromatic carbocycles. The summed E-state index contributed by atoms with van der Waals surface area (Å²) in [5.41, 5.74) is 1.00. The molecular weight excluding hydrogens is 461 g/mol. The minimum atomic E-state index is -3.90. The van der Waals surface area contributed by atoms with E-state index < -0.39 is 15.8 Å². The molecule has 2 saturated heterocycles. The Morgan fingerprint density at radius 1 is 1.03 bits per heavy atom. The highest BCUT2D eigenvalue weighted by Crippen LogP contribution is 2.23. The van der Waals surface area contributed by atoms with Gasteiger partial charge in [-0.25, -0.2) is 12.8 Å². The van der Waals surface area contributed by atoms with E-state index in [-0.39, 0.29) is 22.6 Å². The number of anilines is 1. The van der Waals surface area contributed by atoms with E-state index in [0.717, 1.165) is 25.0 Å². The summed E-state index contributed by atoms with van der Waals surface area (Å²) in [7, 11) is -3.90. The molecule has 1 N–H and O–H groups in total. The van der Waals surface area contributed by atoms with Crippen molar-refractivity contribution in [1.82, 2.24) is 9.80 Å². The van der Waals surface area contributed by atoms with Crippen LogP contribution in [0, 0.1) is 18.7 Å². The molecule has 1 unspecified atom stereocenters. The molecule has 2 aliphatic heterocycles. The summed E-state index contributed by atoms with van der Waals surface area (Å²) in [5.74, 6) is -0.850. The lowest BCUT2D eigenvalue weighted by Crippen LogP contribution is -2.49. The highest BCUT2D eigenvalue weighted by atomic mass is 32.2. The molecule has 8 nitrogen and oxygen atoms in total. The van der Waals surface area contributed by atoms with Gasteiger partial charge in [-0.05, 0) is 67.8 Å². The number of benzene rings is 2. The standard InChI is InChI=1S/C24H28FN3O5S/c1-17-15-20(25)6-9-22(17)34(31,32)26-21-7-4-18(5-8-21)23(29)28-10-2-3-19(16-28)24(30)27-11-13-33-14-12-27/h4-9,15,19,26H,2-3,10-14,16H2,1H3. The van der Waals surface area contributed by atoms with Gasteiger partial charge in [0.15, 0.2) is 0 Å². The molecule has 2 amide bonds. The first-order valence-electron chi connectivity index (χ1n) is 11.3. The Labute approximate surface area is 198 Å². The maximum Gasteiger partial charge on any atom is 0.262 e. The molecule has 0 saturated carbocycles. The number of nitrogens with zero attached hydrogens (tertiary/aromatic N) is 2. The number of sulfonamides is 1. The van der Waals surface area contributed by atoms with E-state index in [9.17, 15) is 22.4 Å².